The van der Waals surface area contributed by atoms with Crippen LogP contribution in [0.5, 0.6) is 11.5 Å². The fourth-order valence-corrected chi connectivity index (χ4v) is 4.87. The number of aromatic nitrogens is 2. The SMILES string of the molecule is COc1ccc(-c2nc(C3SCCSC3C)no2)c(O)c1. The minimum Gasteiger partial charge on any atom is -0.507 e. The van der Waals surface area contributed by atoms with Crippen molar-refractivity contribution in [2.45, 2.75) is 17.4 Å². The van der Waals surface area contributed by atoms with Crippen LogP contribution >= 0.6 is 23.5 Å². The number of rotatable bonds is 3. The molecule has 0 spiro atoms. The van der Waals surface area contributed by atoms with Crippen molar-refractivity contribution in [2.75, 3.05) is 18.6 Å². The van der Waals surface area contributed by atoms with Crippen molar-refractivity contribution in [1.29, 1.82) is 0 Å². The number of nitrogens with zero attached hydrogens (tertiary/aromatic N) is 2. The molecule has 3 rings (SSSR count). The zero-order valence-corrected chi connectivity index (χ0v) is 13.4. The third kappa shape index (κ3) is 2.98. The van der Waals surface area contributed by atoms with Crippen molar-refractivity contribution in [1.82, 2.24) is 10.1 Å². The summed E-state index contributed by atoms with van der Waals surface area (Å²) in [5.74, 6) is 3.95. The van der Waals surface area contributed by atoms with Crippen LogP contribution in [0.1, 0.15) is 18.0 Å². The maximum absolute atomic E-state index is 10.0. The van der Waals surface area contributed by atoms with Gasteiger partial charge in [-0.15, -0.1) is 11.8 Å². The van der Waals surface area contributed by atoms with Gasteiger partial charge in [0.05, 0.1) is 17.9 Å². The molecule has 1 aromatic carbocycles. The second kappa shape index (κ2) is 6.19. The van der Waals surface area contributed by atoms with E-state index in [0.717, 1.165) is 11.5 Å². The van der Waals surface area contributed by atoms with Crippen molar-refractivity contribution in [2.24, 2.45) is 0 Å². The highest BCUT2D eigenvalue weighted by atomic mass is 32.2. The number of thioether (sulfide) groups is 2. The van der Waals surface area contributed by atoms with Crippen molar-refractivity contribution in [3.8, 4) is 23.0 Å². The Hall–Kier alpha value is -1.34. The molecule has 5 nitrogen and oxygen atoms in total. The first-order chi connectivity index (χ1) is 10.2. The van der Waals surface area contributed by atoms with Gasteiger partial charge in [-0.05, 0) is 12.1 Å². The number of hydrogen-bond acceptors (Lipinski definition) is 7. The standard InChI is InChI=1S/C14H16N2O3S2/c1-8-12(21-6-5-20-8)13-15-14(19-16-13)10-4-3-9(18-2)7-11(10)17/h3-4,7-8,12,17H,5-6H2,1-2H3. The van der Waals surface area contributed by atoms with Crippen LogP contribution in [0, 0.1) is 0 Å². The number of ether oxygens (including phenoxy) is 1. The molecule has 1 saturated heterocycles. The number of hydrogen-bond donors (Lipinski definition) is 1. The normalized spacial score (nSPS) is 22.2. The van der Waals surface area contributed by atoms with Gasteiger partial charge in [0.15, 0.2) is 5.82 Å². The Labute approximate surface area is 131 Å². The van der Waals surface area contributed by atoms with Crippen LogP contribution < -0.4 is 4.74 Å². The molecule has 1 N–H and O–H groups in total. The van der Waals surface area contributed by atoms with E-state index in [1.165, 1.54) is 6.07 Å². The molecule has 2 unspecified atom stereocenters. The second-order valence-electron chi connectivity index (χ2n) is 4.71. The Morgan fingerprint density at radius 2 is 2.14 bits per heavy atom. The van der Waals surface area contributed by atoms with Gasteiger partial charge in [0.2, 0.25) is 0 Å². The average Bonchev–Trinajstić information content (AvgIpc) is 2.97. The van der Waals surface area contributed by atoms with E-state index >= 15 is 0 Å². The first-order valence-electron chi connectivity index (χ1n) is 6.63. The van der Waals surface area contributed by atoms with Gasteiger partial charge in [-0.1, -0.05) is 12.1 Å². The molecular formula is C14H16N2O3S2. The molecule has 0 saturated carbocycles. The minimum atomic E-state index is 0.0725. The zero-order valence-electron chi connectivity index (χ0n) is 11.8. The lowest BCUT2D eigenvalue weighted by Gasteiger charge is -2.24. The summed E-state index contributed by atoms with van der Waals surface area (Å²) < 4.78 is 10.4. The number of methoxy groups -OCH3 is 1. The van der Waals surface area contributed by atoms with Crippen molar-refractivity contribution < 1.29 is 14.4 Å². The van der Waals surface area contributed by atoms with E-state index in [-0.39, 0.29) is 11.0 Å². The van der Waals surface area contributed by atoms with Gasteiger partial charge in [-0.3, -0.25) is 0 Å². The highest BCUT2D eigenvalue weighted by molar-refractivity contribution is 8.06. The van der Waals surface area contributed by atoms with E-state index in [1.54, 1.807) is 19.2 Å². The summed E-state index contributed by atoms with van der Waals surface area (Å²) in [6, 6.07) is 5.01. The monoisotopic (exact) mass is 324 g/mol. The topological polar surface area (TPSA) is 68.4 Å². The van der Waals surface area contributed by atoms with E-state index in [9.17, 15) is 5.11 Å². The van der Waals surface area contributed by atoms with Gasteiger partial charge < -0.3 is 14.4 Å². The Morgan fingerprint density at radius 1 is 1.33 bits per heavy atom. The summed E-state index contributed by atoms with van der Waals surface area (Å²) in [7, 11) is 1.55. The summed E-state index contributed by atoms with van der Waals surface area (Å²) in [4.78, 5) is 4.46. The second-order valence-corrected chi connectivity index (χ2v) is 7.44. The van der Waals surface area contributed by atoms with Crippen molar-refractivity contribution in [3.05, 3.63) is 24.0 Å². The molecule has 0 aliphatic carbocycles. The molecule has 7 heteroatoms. The van der Waals surface area contributed by atoms with E-state index < -0.39 is 0 Å². The minimum absolute atomic E-state index is 0.0725. The lowest BCUT2D eigenvalue weighted by molar-refractivity contribution is 0.404. The average molecular weight is 324 g/mol. The fourth-order valence-electron chi connectivity index (χ4n) is 2.20. The van der Waals surface area contributed by atoms with Crippen LogP contribution in [-0.2, 0) is 0 Å². The first-order valence-corrected chi connectivity index (χ1v) is 8.73. The van der Waals surface area contributed by atoms with Crippen LogP contribution in [0.3, 0.4) is 0 Å². The van der Waals surface area contributed by atoms with Gasteiger partial charge in [0, 0.05) is 22.8 Å². The van der Waals surface area contributed by atoms with Gasteiger partial charge in [0.1, 0.15) is 11.5 Å². The van der Waals surface area contributed by atoms with Crippen LogP contribution in [0.4, 0.5) is 0 Å². The predicted octanol–water partition coefficient (Wildman–Crippen LogP) is 3.36. The summed E-state index contributed by atoms with van der Waals surface area (Å²) in [5, 5.41) is 14.8. The number of benzene rings is 1. The summed E-state index contributed by atoms with van der Waals surface area (Å²) in [6.07, 6.45) is 0. The number of phenols is 1. The maximum atomic E-state index is 10.0. The van der Waals surface area contributed by atoms with Crippen molar-refractivity contribution in [3.63, 3.8) is 0 Å². The Bertz CT molecular complexity index is 632. The molecule has 2 atom stereocenters. The molecule has 1 aliphatic rings. The third-order valence-corrected chi connectivity index (χ3v) is 6.41. The molecule has 0 radical (unpaired) electrons. The lowest BCUT2D eigenvalue weighted by Crippen LogP contribution is -2.16. The molecule has 0 bridgehead atoms. The van der Waals surface area contributed by atoms with Crippen LogP contribution in [0.15, 0.2) is 22.7 Å². The quantitative estimate of drug-likeness (QED) is 0.928. The molecule has 21 heavy (non-hydrogen) atoms. The van der Waals surface area contributed by atoms with E-state index in [0.29, 0.717) is 28.3 Å². The summed E-state index contributed by atoms with van der Waals surface area (Å²) >= 11 is 3.78. The van der Waals surface area contributed by atoms with Gasteiger partial charge in [-0.25, -0.2) is 0 Å². The molecule has 2 heterocycles. The van der Waals surface area contributed by atoms with E-state index in [4.69, 9.17) is 9.26 Å². The maximum Gasteiger partial charge on any atom is 0.261 e. The van der Waals surface area contributed by atoms with Gasteiger partial charge >= 0.3 is 0 Å². The Morgan fingerprint density at radius 3 is 2.86 bits per heavy atom. The number of aromatic hydroxyl groups is 1. The largest absolute Gasteiger partial charge is 0.507 e. The fraction of sp³-hybridized carbons (Fsp3) is 0.429. The third-order valence-electron chi connectivity index (χ3n) is 3.32. The van der Waals surface area contributed by atoms with Crippen molar-refractivity contribution >= 4 is 23.5 Å². The summed E-state index contributed by atoms with van der Waals surface area (Å²) in [5.41, 5.74) is 0.524. The highest BCUT2D eigenvalue weighted by Crippen LogP contribution is 2.42. The molecule has 1 fully saturated rings. The summed E-state index contributed by atoms with van der Waals surface area (Å²) in [6.45, 7) is 2.18. The molecule has 2 aromatic rings. The predicted molar refractivity (Wildman–Crippen MR) is 85.1 cm³/mol. The van der Waals surface area contributed by atoms with Crippen LogP contribution in [0.25, 0.3) is 11.5 Å². The van der Waals surface area contributed by atoms with Gasteiger partial charge in [0.25, 0.3) is 5.89 Å². The molecule has 1 aliphatic heterocycles. The van der Waals surface area contributed by atoms with Crippen LogP contribution in [-0.4, -0.2) is 39.1 Å². The van der Waals surface area contributed by atoms with Gasteiger partial charge in [-0.2, -0.15) is 16.7 Å². The highest BCUT2D eigenvalue weighted by Gasteiger charge is 2.29. The first kappa shape index (κ1) is 14.6. The van der Waals surface area contributed by atoms with E-state index in [1.807, 2.05) is 23.5 Å². The molecule has 112 valence electrons. The molecule has 0 amide bonds. The Balaban J connectivity index is 1.87. The zero-order chi connectivity index (χ0) is 14.8. The lowest BCUT2D eigenvalue weighted by atomic mass is 10.2. The smallest absolute Gasteiger partial charge is 0.261 e. The number of phenolic OH excluding ortho intramolecular Hbond substituents is 1. The Kier molecular flexibility index (Phi) is 4.30. The van der Waals surface area contributed by atoms with E-state index in [2.05, 4.69) is 17.1 Å². The molecular weight excluding hydrogens is 308 g/mol. The molecule has 1 aromatic heterocycles. The van der Waals surface area contributed by atoms with Crippen LogP contribution in [0.2, 0.25) is 0 Å².